The lowest BCUT2D eigenvalue weighted by Gasteiger charge is -2.26. The summed E-state index contributed by atoms with van der Waals surface area (Å²) in [5.74, 6) is 1.56. The molecule has 1 aliphatic heterocycles. The van der Waals surface area contributed by atoms with Gasteiger partial charge in [0.25, 0.3) is 0 Å². The van der Waals surface area contributed by atoms with Crippen LogP contribution in [0.15, 0.2) is 53.3 Å². The van der Waals surface area contributed by atoms with Crippen LogP contribution in [0.3, 0.4) is 0 Å². The molecule has 2 aromatic carbocycles. The van der Waals surface area contributed by atoms with Gasteiger partial charge in [-0.3, -0.25) is 9.47 Å². The molecule has 0 bridgehead atoms. The van der Waals surface area contributed by atoms with E-state index in [2.05, 4.69) is 39.2 Å². The lowest BCUT2D eigenvalue weighted by molar-refractivity contribution is 0.207. The molecule has 28 heavy (non-hydrogen) atoms. The van der Waals surface area contributed by atoms with Gasteiger partial charge in [0.2, 0.25) is 0 Å². The van der Waals surface area contributed by atoms with Crippen molar-refractivity contribution >= 4 is 5.69 Å². The first-order chi connectivity index (χ1) is 13.5. The molecule has 0 fully saturated rings. The highest BCUT2D eigenvalue weighted by Crippen LogP contribution is 2.18. The normalized spacial score (nSPS) is 14.0. The first-order valence-electron chi connectivity index (χ1n) is 9.37. The molecule has 0 saturated heterocycles. The van der Waals surface area contributed by atoms with Crippen molar-refractivity contribution in [1.29, 1.82) is 0 Å². The molecular weight excluding hydrogens is 354 g/mol. The summed E-state index contributed by atoms with van der Waals surface area (Å²) >= 11 is 0. The van der Waals surface area contributed by atoms with Crippen molar-refractivity contribution in [1.82, 2.24) is 19.2 Å². The van der Waals surface area contributed by atoms with Crippen molar-refractivity contribution in [2.75, 3.05) is 32.6 Å². The summed E-state index contributed by atoms with van der Waals surface area (Å²) < 4.78 is 8.44. The maximum Gasteiger partial charge on any atom is 0.350 e. The third-order valence-corrected chi connectivity index (χ3v) is 5.12. The average molecular weight is 379 g/mol. The van der Waals surface area contributed by atoms with Crippen molar-refractivity contribution in [2.24, 2.45) is 0 Å². The van der Waals surface area contributed by atoms with Gasteiger partial charge in [0, 0.05) is 39.4 Å². The molecule has 0 saturated carbocycles. The summed E-state index contributed by atoms with van der Waals surface area (Å²) in [6.07, 6.45) is 0. The highest BCUT2D eigenvalue weighted by Gasteiger charge is 2.22. The van der Waals surface area contributed by atoms with E-state index in [4.69, 9.17) is 4.74 Å². The third-order valence-electron chi connectivity index (χ3n) is 5.12. The fraction of sp³-hybridized carbons (Fsp3) is 0.333. The molecule has 7 nitrogen and oxygen atoms in total. The Balaban J connectivity index is 1.51. The Morgan fingerprint density at radius 3 is 2.39 bits per heavy atom. The molecular formula is C21H25N5O2. The first-order valence-corrected chi connectivity index (χ1v) is 9.37. The lowest BCUT2D eigenvalue weighted by Crippen LogP contribution is -2.37. The maximum atomic E-state index is 12.7. The van der Waals surface area contributed by atoms with Gasteiger partial charge >= 0.3 is 5.69 Å². The number of hydrogen-bond acceptors (Lipinski definition) is 5. The van der Waals surface area contributed by atoms with E-state index in [1.165, 1.54) is 15.9 Å². The number of hydrogen-bond donors (Lipinski definition) is 0. The number of nitrogens with zero attached hydrogens (tertiary/aromatic N) is 5. The second kappa shape index (κ2) is 7.52. The summed E-state index contributed by atoms with van der Waals surface area (Å²) in [6.45, 7) is 2.99. The summed E-state index contributed by atoms with van der Waals surface area (Å²) in [5, 5.41) is 4.58. The second-order valence-electron chi connectivity index (χ2n) is 7.23. The molecule has 0 spiro atoms. The van der Waals surface area contributed by atoms with Gasteiger partial charge in [-0.25, -0.2) is 4.79 Å². The fourth-order valence-electron chi connectivity index (χ4n) is 3.48. The number of fused-ring (bicyclic) bond motifs is 1. The van der Waals surface area contributed by atoms with Crippen LogP contribution in [0.5, 0.6) is 5.75 Å². The van der Waals surface area contributed by atoms with Crippen molar-refractivity contribution in [2.45, 2.75) is 19.6 Å². The summed E-state index contributed by atoms with van der Waals surface area (Å²) in [5.41, 5.74) is 3.11. The van der Waals surface area contributed by atoms with Crippen LogP contribution < -0.4 is 15.3 Å². The first kappa shape index (κ1) is 18.3. The van der Waals surface area contributed by atoms with E-state index in [1.54, 1.807) is 11.7 Å². The Morgan fingerprint density at radius 1 is 1.04 bits per heavy atom. The minimum Gasteiger partial charge on any atom is -0.497 e. The molecule has 2 heterocycles. The number of methoxy groups -OCH3 is 1. The van der Waals surface area contributed by atoms with E-state index in [0.29, 0.717) is 13.1 Å². The predicted molar refractivity (Wildman–Crippen MR) is 109 cm³/mol. The van der Waals surface area contributed by atoms with Crippen LogP contribution in [0.1, 0.15) is 11.4 Å². The lowest BCUT2D eigenvalue weighted by atomic mass is 10.2. The van der Waals surface area contributed by atoms with Crippen LogP contribution in [0.4, 0.5) is 5.69 Å². The molecule has 7 heteroatoms. The quantitative estimate of drug-likeness (QED) is 0.680. The van der Waals surface area contributed by atoms with E-state index in [-0.39, 0.29) is 5.69 Å². The molecule has 0 amide bonds. The molecule has 146 valence electrons. The average Bonchev–Trinajstić information content (AvgIpc) is 3.04. The number of anilines is 1. The summed E-state index contributed by atoms with van der Waals surface area (Å²) in [7, 11) is 5.70. The van der Waals surface area contributed by atoms with Gasteiger partial charge in [-0.1, -0.05) is 12.1 Å². The van der Waals surface area contributed by atoms with Gasteiger partial charge in [0.15, 0.2) is 0 Å². The highest BCUT2D eigenvalue weighted by atomic mass is 16.5. The van der Waals surface area contributed by atoms with Crippen LogP contribution in [0, 0.1) is 0 Å². The minimum atomic E-state index is -0.0878. The molecule has 0 radical (unpaired) electrons. The Bertz CT molecular complexity index is 1000. The molecule has 1 aromatic heterocycles. The molecule has 4 rings (SSSR count). The standard InChI is InChI=1S/C21H25N5O2/c1-23(2)17-6-4-16(5-7-17)14-24-12-13-25-20(15-24)22-26(21(25)27)18-8-10-19(28-3)11-9-18/h4-11H,12-15H2,1-3H3. The van der Waals surface area contributed by atoms with E-state index in [9.17, 15) is 4.79 Å². The highest BCUT2D eigenvalue weighted by molar-refractivity contribution is 5.46. The predicted octanol–water partition coefficient (Wildman–Crippen LogP) is 2.12. The van der Waals surface area contributed by atoms with Crippen molar-refractivity contribution < 1.29 is 4.74 Å². The summed E-state index contributed by atoms with van der Waals surface area (Å²) in [6, 6.07) is 16.0. The Kier molecular flexibility index (Phi) is 4.92. The zero-order chi connectivity index (χ0) is 19.7. The van der Waals surface area contributed by atoms with E-state index < -0.39 is 0 Å². The molecule has 3 aromatic rings. The zero-order valence-corrected chi connectivity index (χ0v) is 16.5. The van der Waals surface area contributed by atoms with E-state index in [0.717, 1.165) is 30.4 Å². The van der Waals surface area contributed by atoms with E-state index >= 15 is 0 Å². The van der Waals surface area contributed by atoms with Crippen LogP contribution in [0.25, 0.3) is 5.69 Å². The maximum absolute atomic E-state index is 12.7. The van der Waals surface area contributed by atoms with Gasteiger partial charge in [-0.2, -0.15) is 4.68 Å². The molecule has 1 aliphatic rings. The number of aromatic nitrogens is 3. The number of rotatable bonds is 5. The van der Waals surface area contributed by atoms with Crippen LogP contribution in [-0.2, 0) is 19.6 Å². The molecule has 0 aliphatic carbocycles. The molecule has 0 N–H and O–H groups in total. The van der Waals surface area contributed by atoms with Gasteiger partial charge in [0.1, 0.15) is 11.6 Å². The van der Waals surface area contributed by atoms with Crippen molar-refractivity contribution in [3.8, 4) is 11.4 Å². The van der Waals surface area contributed by atoms with Crippen LogP contribution in [-0.4, -0.2) is 47.0 Å². The summed E-state index contributed by atoms with van der Waals surface area (Å²) in [4.78, 5) is 17.2. The second-order valence-corrected chi connectivity index (χ2v) is 7.23. The van der Waals surface area contributed by atoms with Gasteiger partial charge in [-0.15, -0.1) is 5.10 Å². The minimum absolute atomic E-state index is 0.0878. The Morgan fingerprint density at radius 2 is 1.75 bits per heavy atom. The van der Waals surface area contributed by atoms with Crippen molar-refractivity contribution in [3.05, 3.63) is 70.4 Å². The van der Waals surface area contributed by atoms with Gasteiger partial charge in [0.05, 0.1) is 19.3 Å². The van der Waals surface area contributed by atoms with Crippen molar-refractivity contribution in [3.63, 3.8) is 0 Å². The largest absolute Gasteiger partial charge is 0.497 e. The molecule has 0 atom stereocenters. The smallest absolute Gasteiger partial charge is 0.350 e. The van der Waals surface area contributed by atoms with Gasteiger partial charge in [-0.05, 0) is 42.0 Å². The van der Waals surface area contributed by atoms with E-state index in [1.807, 2.05) is 38.4 Å². The zero-order valence-electron chi connectivity index (χ0n) is 16.5. The SMILES string of the molecule is COc1ccc(-n2nc3n(c2=O)CCN(Cc2ccc(N(C)C)cc2)C3)cc1. The van der Waals surface area contributed by atoms with Crippen LogP contribution in [0.2, 0.25) is 0 Å². The Hall–Kier alpha value is -3.06. The Labute approximate surface area is 164 Å². The third kappa shape index (κ3) is 3.53. The fourth-order valence-corrected chi connectivity index (χ4v) is 3.48. The van der Waals surface area contributed by atoms with Gasteiger partial charge < -0.3 is 9.64 Å². The topological polar surface area (TPSA) is 55.5 Å². The monoisotopic (exact) mass is 379 g/mol. The molecule has 0 unspecified atom stereocenters. The number of benzene rings is 2. The number of ether oxygens (including phenoxy) is 1. The van der Waals surface area contributed by atoms with Crippen LogP contribution >= 0.6 is 0 Å².